The highest BCUT2D eigenvalue weighted by Gasteiger charge is 2.63. The molecule has 0 N–H and O–H groups in total. The van der Waals surface area contributed by atoms with Crippen molar-refractivity contribution in [2.75, 3.05) is 4.90 Å². The fourth-order valence-electron chi connectivity index (χ4n) is 4.20. The van der Waals surface area contributed by atoms with Crippen LogP contribution in [0.15, 0.2) is 24.5 Å². The second-order valence-corrected chi connectivity index (χ2v) is 7.66. The first kappa shape index (κ1) is 16.2. The molecule has 3 saturated heterocycles. The zero-order valence-electron chi connectivity index (χ0n) is 13.5. The maximum Gasteiger partial charge on any atom is 0.258 e. The molecule has 2 aromatic rings. The van der Waals surface area contributed by atoms with Crippen LogP contribution in [0.1, 0.15) is 18.4 Å². The van der Waals surface area contributed by atoms with Crippen molar-refractivity contribution in [3.05, 3.63) is 40.1 Å². The van der Waals surface area contributed by atoms with Crippen LogP contribution in [0, 0.1) is 11.8 Å². The summed E-state index contributed by atoms with van der Waals surface area (Å²) in [5.41, 5.74) is 0.887. The Hall–Kier alpha value is -1.96. The molecule has 134 valence electrons. The first-order valence-electron chi connectivity index (χ1n) is 8.39. The van der Waals surface area contributed by atoms with E-state index in [0.29, 0.717) is 16.6 Å². The van der Waals surface area contributed by atoms with Gasteiger partial charge in [-0.25, -0.2) is 9.58 Å². The molecule has 4 atom stereocenters. The lowest BCUT2D eigenvalue weighted by molar-refractivity contribution is -0.124. The third kappa shape index (κ3) is 2.31. The van der Waals surface area contributed by atoms with Crippen LogP contribution in [0.3, 0.4) is 0 Å². The summed E-state index contributed by atoms with van der Waals surface area (Å²) in [4.78, 5) is 30.8. The average Bonchev–Trinajstić information content (AvgIpc) is 3.36. The van der Waals surface area contributed by atoms with Crippen molar-refractivity contribution in [2.24, 2.45) is 11.8 Å². The molecule has 0 aliphatic carbocycles. The van der Waals surface area contributed by atoms with Gasteiger partial charge in [0.05, 0.1) is 40.6 Å². The molecule has 0 saturated carbocycles. The number of benzene rings is 1. The molecular formula is C17H14Cl2N4O3. The molecule has 2 amide bonds. The van der Waals surface area contributed by atoms with Gasteiger partial charge in [-0.1, -0.05) is 29.3 Å². The molecule has 3 fully saturated rings. The highest BCUT2D eigenvalue weighted by Crippen LogP contribution is 2.48. The minimum atomic E-state index is -0.386. The van der Waals surface area contributed by atoms with Gasteiger partial charge in [-0.05, 0) is 30.5 Å². The van der Waals surface area contributed by atoms with E-state index >= 15 is 0 Å². The van der Waals surface area contributed by atoms with Crippen LogP contribution in [0.5, 0.6) is 0 Å². The third-order valence-corrected chi connectivity index (χ3v) is 6.08. The van der Waals surface area contributed by atoms with Gasteiger partial charge in [0.25, 0.3) is 5.95 Å². The fraction of sp³-hybridized carbons (Fsp3) is 0.412. The molecule has 2 bridgehead atoms. The van der Waals surface area contributed by atoms with E-state index in [4.69, 9.17) is 27.9 Å². The molecule has 4 heterocycles. The second kappa shape index (κ2) is 5.77. The number of imide groups is 1. The number of aromatic nitrogens is 3. The first-order chi connectivity index (χ1) is 12.5. The Labute approximate surface area is 158 Å². The van der Waals surface area contributed by atoms with E-state index in [1.807, 2.05) is 6.07 Å². The lowest BCUT2D eigenvalue weighted by atomic mass is 9.81. The molecule has 1 aromatic heterocycles. The van der Waals surface area contributed by atoms with Crippen LogP contribution in [0.2, 0.25) is 10.0 Å². The summed E-state index contributed by atoms with van der Waals surface area (Å²) >= 11 is 12.0. The summed E-state index contributed by atoms with van der Waals surface area (Å²) in [5.74, 6) is -1.15. The Kier molecular flexibility index (Phi) is 3.60. The van der Waals surface area contributed by atoms with Crippen molar-refractivity contribution in [1.82, 2.24) is 14.8 Å². The van der Waals surface area contributed by atoms with Gasteiger partial charge in [0, 0.05) is 0 Å². The maximum absolute atomic E-state index is 12.7. The van der Waals surface area contributed by atoms with E-state index in [-0.39, 0.29) is 41.8 Å². The molecule has 9 heteroatoms. The van der Waals surface area contributed by atoms with Crippen molar-refractivity contribution in [3.63, 3.8) is 0 Å². The number of anilines is 1. The first-order valence-corrected chi connectivity index (χ1v) is 9.15. The van der Waals surface area contributed by atoms with E-state index < -0.39 is 0 Å². The summed E-state index contributed by atoms with van der Waals surface area (Å²) in [7, 11) is 0. The lowest BCUT2D eigenvalue weighted by Gasteiger charge is -2.14. The van der Waals surface area contributed by atoms with Crippen LogP contribution < -0.4 is 4.90 Å². The van der Waals surface area contributed by atoms with Crippen molar-refractivity contribution in [1.29, 1.82) is 0 Å². The van der Waals surface area contributed by atoms with Crippen LogP contribution in [-0.4, -0.2) is 38.8 Å². The maximum atomic E-state index is 12.7. The topological polar surface area (TPSA) is 77.3 Å². The van der Waals surface area contributed by atoms with E-state index in [1.54, 1.807) is 16.8 Å². The minimum absolute atomic E-state index is 0.119. The summed E-state index contributed by atoms with van der Waals surface area (Å²) in [6.07, 6.45) is 2.86. The van der Waals surface area contributed by atoms with Gasteiger partial charge in [-0.15, -0.1) is 5.10 Å². The number of carbonyl (C=O) groups excluding carboxylic acids is 2. The number of amides is 2. The van der Waals surface area contributed by atoms with Gasteiger partial charge in [0.1, 0.15) is 6.33 Å². The van der Waals surface area contributed by atoms with E-state index in [0.717, 1.165) is 23.3 Å². The van der Waals surface area contributed by atoms with Gasteiger partial charge in [-0.2, -0.15) is 4.98 Å². The highest BCUT2D eigenvalue weighted by molar-refractivity contribution is 6.42. The van der Waals surface area contributed by atoms with Crippen LogP contribution in [0.25, 0.3) is 0 Å². The van der Waals surface area contributed by atoms with Crippen molar-refractivity contribution < 1.29 is 14.3 Å². The molecule has 0 unspecified atom stereocenters. The monoisotopic (exact) mass is 392 g/mol. The van der Waals surface area contributed by atoms with Gasteiger partial charge in [0.2, 0.25) is 11.8 Å². The Morgan fingerprint density at radius 3 is 2.42 bits per heavy atom. The Morgan fingerprint density at radius 2 is 1.77 bits per heavy atom. The quantitative estimate of drug-likeness (QED) is 0.748. The number of hydrogen-bond donors (Lipinski definition) is 0. The number of fused-ring (bicyclic) bond motifs is 5. The molecule has 7 nitrogen and oxygen atoms in total. The fourth-order valence-corrected chi connectivity index (χ4v) is 4.52. The normalized spacial score (nSPS) is 29.7. The average molecular weight is 393 g/mol. The SMILES string of the molecule is O=C1[C@@H]2[C@H](C(=O)N1c1ncn(Cc3ccc(Cl)c(Cl)c3)n1)[C@@H]1CC[C@@H]2O1. The lowest BCUT2D eigenvalue weighted by Crippen LogP contribution is -2.35. The molecule has 0 radical (unpaired) electrons. The zero-order valence-corrected chi connectivity index (χ0v) is 15.0. The Balaban J connectivity index is 1.39. The smallest absolute Gasteiger partial charge is 0.258 e. The Bertz CT molecular complexity index is 902. The predicted octanol–water partition coefficient (Wildman–Crippen LogP) is 2.30. The zero-order chi connectivity index (χ0) is 18.0. The number of hydrogen-bond acceptors (Lipinski definition) is 5. The summed E-state index contributed by atoms with van der Waals surface area (Å²) in [6.45, 7) is 0.404. The molecular weight excluding hydrogens is 379 g/mol. The highest BCUT2D eigenvalue weighted by atomic mass is 35.5. The molecule has 3 aliphatic rings. The van der Waals surface area contributed by atoms with Crippen LogP contribution in [0.4, 0.5) is 5.95 Å². The third-order valence-electron chi connectivity index (χ3n) is 5.34. The molecule has 0 spiro atoms. The number of carbonyl (C=O) groups is 2. The summed E-state index contributed by atoms with van der Waals surface area (Å²) in [6, 6.07) is 5.29. The standard InChI is InChI=1S/C17H14Cl2N4O3/c18-9-2-1-8(5-10(9)19)6-22-7-20-17(21-22)23-15(24)13-11-3-4-12(26-11)14(13)16(23)25/h1-2,5,7,11-14H,3-4,6H2/t11-,12-,13-,14+/m0/s1. The summed E-state index contributed by atoms with van der Waals surface area (Å²) < 4.78 is 7.30. The van der Waals surface area contributed by atoms with Crippen molar-refractivity contribution >= 4 is 41.0 Å². The van der Waals surface area contributed by atoms with Crippen LogP contribution >= 0.6 is 23.2 Å². The van der Waals surface area contributed by atoms with Gasteiger partial charge in [0.15, 0.2) is 0 Å². The van der Waals surface area contributed by atoms with Gasteiger partial charge in [-0.3, -0.25) is 9.59 Å². The van der Waals surface area contributed by atoms with Gasteiger partial charge >= 0.3 is 0 Å². The van der Waals surface area contributed by atoms with E-state index in [2.05, 4.69) is 10.1 Å². The van der Waals surface area contributed by atoms with E-state index in [9.17, 15) is 9.59 Å². The Morgan fingerprint density at radius 1 is 1.08 bits per heavy atom. The molecule has 1 aromatic carbocycles. The molecule has 26 heavy (non-hydrogen) atoms. The van der Waals surface area contributed by atoms with Crippen molar-refractivity contribution in [2.45, 2.75) is 31.6 Å². The van der Waals surface area contributed by atoms with E-state index in [1.165, 1.54) is 6.33 Å². The van der Waals surface area contributed by atoms with Crippen LogP contribution in [-0.2, 0) is 20.9 Å². The number of halogens is 2. The second-order valence-electron chi connectivity index (χ2n) is 6.84. The largest absolute Gasteiger partial charge is 0.373 e. The van der Waals surface area contributed by atoms with Gasteiger partial charge < -0.3 is 4.74 Å². The number of rotatable bonds is 3. The molecule has 3 aliphatic heterocycles. The number of ether oxygens (including phenoxy) is 1. The predicted molar refractivity (Wildman–Crippen MR) is 93.0 cm³/mol. The summed E-state index contributed by atoms with van der Waals surface area (Å²) in [5, 5.41) is 5.25. The van der Waals surface area contributed by atoms with Crippen molar-refractivity contribution in [3.8, 4) is 0 Å². The minimum Gasteiger partial charge on any atom is -0.373 e. The molecule has 5 rings (SSSR count). The number of nitrogens with zero attached hydrogens (tertiary/aromatic N) is 4.